The number of aromatic nitrogens is 3. The van der Waals surface area contributed by atoms with E-state index in [-0.39, 0.29) is 11.7 Å². The molecule has 154 valence electrons. The van der Waals surface area contributed by atoms with Gasteiger partial charge in [-0.1, -0.05) is 35.9 Å². The van der Waals surface area contributed by atoms with Gasteiger partial charge in [-0.15, -0.1) is 10.2 Å². The summed E-state index contributed by atoms with van der Waals surface area (Å²) in [6, 6.07) is 13.8. The molecule has 6 nitrogen and oxygen atoms in total. The van der Waals surface area contributed by atoms with Crippen LogP contribution in [0, 0.1) is 17.7 Å². The Bertz CT molecular complexity index is 1100. The molecule has 30 heavy (non-hydrogen) atoms. The van der Waals surface area contributed by atoms with Crippen molar-refractivity contribution in [1.29, 1.82) is 0 Å². The summed E-state index contributed by atoms with van der Waals surface area (Å²) in [5.74, 6) is 1.25. The Morgan fingerprint density at radius 2 is 1.93 bits per heavy atom. The number of anilines is 1. The average Bonchev–Trinajstić information content (AvgIpc) is 3.30. The van der Waals surface area contributed by atoms with E-state index in [1.54, 1.807) is 12.1 Å². The van der Waals surface area contributed by atoms with E-state index in [4.69, 9.17) is 11.6 Å². The molecular weight excluding hydrogens is 405 g/mol. The van der Waals surface area contributed by atoms with Crippen LogP contribution in [0.3, 0.4) is 0 Å². The molecular formula is C22H21ClFN5O. The van der Waals surface area contributed by atoms with Crippen molar-refractivity contribution in [3.05, 3.63) is 76.6 Å². The smallest absolute Gasteiger partial charge is 0.293 e. The summed E-state index contributed by atoms with van der Waals surface area (Å²) in [5, 5.41) is 11.9. The second-order valence-corrected chi connectivity index (χ2v) is 8.43. The third-order valence-corrected chi connectivity index (χ3v) is 6.35. The highest BCUT2D eigenvalue weighted by molar-refractivity contribution is 6.31. The molecule has 1 aromatic heterocycles. The van der Waals surface area contributed by atoms with Crippen molar-refractivity contribution < 1.29 is 9.18 Å². The zero-order valence-electron chi connectivity index (χ0n) is 16.3. The number of hydrogen-bond acceptors (Lipinski definition) is 4. The van der Waals surface area contributed by atoms with Gasteiger partial charge in [-0.2, -0.15) is 0 Å². The minimum atomic E-state index is -0.400. The maximum Gasteiger partial charge on any atom is 0.293 e. The molecule has 0 bridgehead atoms. The first-order valence-electron chi connectivity index (χ1n) is 10.0. The molecule has 1 saturated heterocycles. The number of carbonyl (C=O) groups is 1. The van der Waals surface area contributed by atoms with Crippen LogP contribution >= 0.6 is 11.6 Å². The summed E-state index contributed by atoms with van der Waals surface area (Å²) >= 11 is 6.33. The van der Waals surface area contributed by atoms with Gasteiger partial charge in [0.2, 0.25) is 5.82 Å². The highest BCUT2D eigenvalue weighted by atomic mass is 35.5. The zero-order valence-corrected chi connectivity index (χ0v) is 17.0. The fraction of sp³-hybridized carbons (Fsp3) is 0.318. The molecule has 2 aliphatic heterocycles. The summed E-state index contributed by atoms with van der Waals surface area (Å²) < 4.78 is 15.3. The van der Waals surface area contributed by atoms with Crippen molar-refractivity contribution in [3.63, 3.8) is 0 Å². The van der Waals surface area contributed by atoms with Gasteiger partial charge in [-0.05, 0) is 41.7 Å². The van der Waals surface area contributed by atoms with Crippen LogP contribution in [-0.4, -0.2) is 38.7 Å². The summed E-state index contributed by atoms with van der Waals surface area (Å²) in [4.78, 5) is 15.1. The molecule has 1 fully saturated rings. The van der Waals surface area contributed by atoms with Crippen LogP contribution in [0.2, 0.25) is 5.02 Å². The quantitative estimate of drug-likeness (QED) is 0.693. The SMILES string of the molecule is O=C(Nc1cccc(F)c1)c1nnc2n1C[C@H]1CN(Cc3ccccc3Cl)C[C@@H]1C2. The van der Waals surface area contributed by atoms with Gasteiger partial charge in [0, 0.05) is 43.3 Å². The first-order chi connectivity index (χ1) is 14.6. The molecule has 1 N–H and O–H groups in total. The van der Waals surface area contributed by atoms with Crippen LogP contribution in [-0.2, 0) is 19.5 Å². The summed E-state index contributed by atoms with van der Waals surface area (Å²) in [5.41, 5.74) is 1.53. The van der Waals surface area contributed by atoms with E-state index in [1.807, 2.05) is 22.8 Å². The number of rotatable bonds is 4. The maximum atomic E-state index is 13.4. The zero-order chi connectivity index (χ0) is 20.7. The normalized spacial score (nSPS) is 20.6. The largest absolute Gasteiger partial charge is 0.319 e. The van der Waals surface area contributed by atoms with Crippen molar-refractivity contribution in [1.82, 2.24) is 19.7 Å². The molecule has 2 aliphatic rings. The second-order valence-electron chi connectivity index (χ2n) is 8.02. The molecule has 0 spiro atoms. The monoisotopic (exact) mass is 425 g/mol. The molecule has 0 saturated carbocycles. The minimum Gasteiger partial charge on any atom is -0.319 e. The van der Waals surface area contributed by atoms with E-state index in [0.717, 1.165) is 42.5 Å². The second kappa shape index (κ2) is 7.81. The molecule has 3 aromatic rings. The molecule has 2 atom stereocenters. The van der Waals surface area contributed by atoms with Crippen molar-refractivity contribution in [2.75, 3.05) is 18.4 Å². The molecule has 8 heteroatoms. The lowest BCUT2D eigenvalue weighted by Crippen LogP contribution is -2.31. The minimum absolute atomic E-state index is 0.275. The lowest BCUT2D eigenvalue weighted by molar-refractivity contribution is 0.100. The third kappa shape index (κ3) is 3.70. The van der Waals surface area contributed by atoms with E-state index in [2.05, 4.69) is 26.5 Å². The molecule has 5 rings (SSSR count). The molecule has 3 heterocycles. The standard InChI is InChI=1S/C22H21ClFN5O/c23-19-7-2-1-4-14(19)10-28-11-15-8-20-26-27-21(29(20)13-16(15)12-28)22(30)25-18-6-3-5-17(24)9-18/h1-7,9,15-16H,8,10-13H2,(H,25,30)/t15-,16+/m0/s1. The molecule has 0 radical (unpaired) electrons. The maximum absolute atomic E-state index is 13.4. The fourth-order valence-corrected chi connectivity index (χ4v) is 4.73. The van der Waals surface area contributed by atoms with Gasteiger partial charge in [-0.3, -0.25) is 9.69 Å². The van der Waals surface area contributed by atoms with Gasteiger partial charge in [0.05, 0.1) is 0 Å². The van der Waals surface area contributed by atoms with Crippen LogP contribution < -0.4 is 5.32 Å². The number of hydrogen-bond donors (Lipinski definition) is 1. The van der Waals surface area contributed by atoms with Gasteiger partial charge >= 0.3 is 0 Å². The highest BCUT2D eigenvalue weighted by Gasteiger charge is 2.39. The number of carbonyl (C=O) groups excluding carboxylic acids is 1. The van der Waals surface area contributed by atoms with Crippen LogP contribution in [0.4, 0.5) is 10.1 Å². The number of nitrogens with zero attached hydrogens (tertiary/aromatic N) is 4. The Morgan fingerprint density at radius 3 is 2.77 bits per heavy atom. The van der Waals surface area contributed by atoms with Crippen LogP contribution in [0.1, 0.15) is 22.0 Å². The fourth-order valence-electron chi connectivity index (χ4n) is 4.54. The third-order valence-electron chi connectivity index (χ3n) is 5.98. The average molecular weight is 426 g/mol. The van der Waals surface area contributed by atoms with E-state index in [9.17, 15) is 9.18 Å². The lowest BCUT2D eigenvalue weighted by Gasteiger charge is -2.25. The number of amides is 1. The van der Waals surface area contributed by atoms with E-state index >= 15 is 0 Å². The highest BCUT2D eigenvalue weighted by Crippen LogP contribution is 2.34. The van der Waals surface area contributed by atoms with Gasteiger partial charge in [-0.25, -0.2) is 4.39 Å². The number of nitrogens with one attached hydrogen (secondary N) is 1. The van der Waals surface area contributed by atoms with Crippen LogP contribution in [0.15, 0.2) is 48.5 Å². The Balaban J connectivity index is 1.29. The van der Waals surface area contributed by atoms with Crippen molar-refractivity contribution in [2.24, 2.45) is 11.8 Å². The number of halogens is 2. The Kier molecular flexibility index (Phi) is 5.00. The molecule has 0 aliphatic carbocycles. The Hall–Kier alpha value is -2.77. The summed E-state index contributed by atoms with van der Waals surface area (Å²) in [7, 11) is 0. The van der Waals surface area contributed by atoms with Crippen molar-refractivity contribution in [2.45, 2.75) is 19.5 Å². The number of likely N-dealkylation sites (tertiary alicyclic amines) is 1. The first-order valence-corrected chi connectivity index (χ1v) is 10.4. The van der Waals surface area contributed by atoms with Gasteiger partial charge in [0.25, 0.3) is 5.91 Å². The van der Waals surface area contributed by atoms with Gasteiger partial charge < -0.3 is 9.88 Å². The predicted octanol–water partition coefficient (Wildman–Crippen LogP) is 3.63. The number of benzene rings is 2. The van der Waals surface area contributed by atoms with E-state index in [0.29, 0.717) is 24.1 Å². The van der Waals surface area contributed by atoms with Crippen LogP contribution in [0.25, 0.3) is 0 Å². The topological polar surface area (TPSA) is 63.1 Å². The lowest BCUT2D eigenvalue weighted by atomic mass is 9.89. The summed E-state index contributed by atoms with van der Waals surface area (Å²) in [6.45, 7) is 3.45. The molecule has 0 unspecified atom stereocenters. The van der Waals surface area contributed by atoms with Crippen molar-refractivity contribution >= 4 is 23.2 Å². The first kappa shape index (κ1) is 19.2. The molecule has 2 aromatic carbocycles. The summed E-state index contributed by atoms with van der Waals surface area (Å²) in [6.07, 6.45) is 0.796. The predicted molar refractivity (Wildman–Crippen MR) is 112 cm³/mol. The van der Waals surface area contributed by atoms with Crippen LogP contribution in [0.5, 0.6) is 0 Å². The molecule has 1 amide bonds. The Labute approximate surface area is 178 Å². The van der Waals surface area contributed by atoms with E-state index < -0.39 is 5.82 Å². The number of fused-ring (bicyclic) bond motifs is 2. The Morgan fingerprint density at radius 1 is 1.10 bits per heavy atom. The van der Waals surface area contributed by atoms with E-state index in [1.165, 1.54) is 12.1 Å². The van der Waals surface area contributed by atoms with Crippen molar-refractivity contribution in [3.8, 4) is 0 Å². The van der Waals surface area contributed by atoms with Gasteiger partial charge in [0.15, 0.2) is 0 Å². The van der Waals surface area contributed by atoms with Gasteiger partial charge in [0.1, 0.15) is 11.6 Å².